The monoisotopic (exact) mass is 358 g/mol. The third kappa shape index (κ3) is 3.11. The molecule has 3 saturated heterocycles. The smallest absolute Gasteiger partial charge is 0.410 e. The zero-order valence-corrected chi connectivity index (χ0v) is 14.5. The van der Waals surface area contributed by atoms with Crippen LogP contribution in [-0.2, 0) is 9.53 Å². The fourth-order valence-electron chi connectivity index (χ4n) is 3.95. The van der Waals surface area contributed by atoms with Crippen LogP contribution in [0.5, 0.6) is 0 Å². The van der Waals surface area contributed by atoms with Gasteiger partial charge >= 0.3 is 6.09 Å². The summed E-state index contributed by atoms with van der Waals surface area (Å²) in [6.07, 6.45) is 4.30. The van der Waals surface area contributed by atoms with Crippen LogP contribution in [0.15, 0.2) is 24.5 Å². The first-order valence-electron chi connectivity index (χ1n) is 9.05. The molecule has 4 heterocycles. The summed E-state index contributed by atoms with van der Waals surface area (Å²) < 4.78 is 5.06. The van der Waals surface area contributed by atoms with Crippen LogP contribution in [0.4, 0.5) is 4.79 Å². The highest BCUT2D eigenvalue weighted by atomic mass is 16.6. The average Bonchev–Trinajstić information content (AvgIpc) is 3.08. The van der Waals surface area contributed by atoms with Crippen molar-refractivity contribution in [2.24, 2.45) is 5.92 Å². The van der Waals surface area contributed by atoms with Crippen molar-refractivity contribution in [2.45, 2.75) is 18.9 Å². The van der Waals surface area contributed by atoms with E-state index in [1.54, 1.807) is 34.3 Å². The number of piperazine rings is 1. The van der Waals surface area contributed by atoms with E-state index in [0.717, 1.165) is 0 Å². The Morgan fingerprint density at radius 1 is 1.04 bits per heavy atom. The quantitative estimate of drug-likeness (QED) is 0.773. The van der Waals surface area contributed by atoms with Crippen LogP contribution in [0.2, 0.25) is 0 Å². The van der Waals surface area contributed by atoms with E-state index in [-0.39, 0.29) is 29.9 Å². The van der Waals surface area contributed by atoms with Crippen molar-refractivity contribution >= 4 is 17.9 Å². The van der Waals surface area contributed by atoms with Gasteiger partial charge in [0.05, 0.1) is 6.04 Å². The minimum absolute atomic E-state index is 0.00599. The highest BCUT2D eigenvalue weighted by molar-refractivity contribution is 5.94. The number of rotatable bonds is 2. The number of hydrogen-bond donors (Lipinski definition) is 0. The molecule has 3 aliphatic heterocycles. The van der Waals surface area contributed by atoms with E-state index in [1.165, 1.54) is 0 Å². The molecule has 0 spiro atoms. The van der Waals surface area contributed by atoms with Crippen LogP contribution < -0.4 is 0 Å². The largest absolute Gasteiger partial charge is 0.447 e. The van der Waals surface area contributed by atoms with Crippen LogP contribution in [0.25, 0.3) is 0 Å². The zero-order valence-electron chi connectivity index (χ0n) is 14.5. The Labute approximate surface area is 151 Å². The maximum absolute atomic E-state index is 12.8. The highest BCUT2D eigenvalue weighted by Crippen LogP contribution is 2.24. The Hall–Kier alpha value is -2.64. The number of likely N-dealkylation sites (tertiary alicyclic amines) is 1. The van der Waals surface area contributed by atoms with Crippen LogP contribution in [0.3, 0.4) is 0 Å². The Kier molecular flexibility index (Phi) is 4.48. The van der Waals surface area contributed by atoms with Crippen molar-refractivity contribution in [3.8, 4) is 0 Å². The molecule has 1 atom stereocenters. The molecule has 3 aliphatic rings. The molecule has 0 N–H and O–H groups in total. The molecule has 1 unspecified atom stereocenters. The number of carbonyl (C=O) groups is 3. The lowest BCUT2D eigenvalue weighted by atomic mass is 9.94. The molecule has 0 aromatic carbocycles. The zero-order chi connectivity index (χ0) is 18.1. The number of pyridine rings is 1. The first-order valence-corrected chi connectivity index (χ1v) is 9.05. The van der Waals surface area contributed by atoms with Crippen molar-refractivity contribution in [1.82, 2.24) is 19.7 Å². The molecule has 1 aromatic heterocycles. The third-order valence-corrected chi connectivity index (χ3v) is 5.49. The van der Waals surface area contributed by atoms with E-state index in [1.807, 2.05) is 4.90 Å². The van der Waals surface area contributed by atoms with Gasteiger partial charge in [-0.05, 0) is 25.0 Å². The van der Waals surface area contributed by atoms with Crippen molar-refractivity contribution < 1.29 is 19.1 Å². The molecule has 3 fully saturated rings. The van der Waals surface area contributed by atoms with Gasteiger partial charge < -0.3 is 14.5 Å². The number of carbonyl (C=O) groups excluding carboxylic acids is 3. The van der Waals surface area contributed by atoms with Gasteiger partial charge in [0.25, 0.3) is 5.91 Å². The normalized spacial score (nSPS) is 23.6. The van der Waals surface area contributed by atoms with E-state index >= 15 is 0 Å². The minimum atomic E-state index is -0.273. The second-order valence-electron chi connectivity index (χ2n) is 7.01. The molecule has 0 radical (unpaired) electrons. The number of ether oxygens (including phenoxy) is 1. The van der Waals surface area contributed by atoms with Crippen LogP contribution in [0.1, 0.15) is 23.2 Å². The Morgan fingerprint density at radius 3 is 2.50 bits per heavy atom. The molecule has 0 aliphatic carbocycles. The molecule has 8 heteroatoms. The highest BCUT2D eigenvalue weighted by Gasteiger charge is 2.40. The first kappa shape index (κ1) is 16.8. The van der Waals surface area contributed by atoms with E-state index in [9.17, 15) is 14.4 Å². The lowest BCUT2D eigenvalue weighted by Gasteiger charge is -2.39. The summed E-state index contributed by atoms with van der Waals surface area (Å²) in [5.74, 6) is 0.0783. The number of cyclic esters (lactones) is 1. The summed E-state index contributed by atoms with van der Waals surface area (Å²) in [5.41, 5.74) is 0.631. The summed E-state index contributed by atoms with van der Waals surface area (Å²) in [6.45, 7) is 3.17. The molecule has 0 bridgehead atoms. The number of nitrogens with zero attached hydrogens (tertiary/aromatic N) is 4. The third-order valence-electron chi connectivity index (χ3n) is 5.49. The first-order chi connectivity index (χ1) is 12.6. The second kappa shape index (κ2) is 6.93. The van der Waals surface area contributed by atoms with Crippen molar-refractivity contribution in [3.05, 3.63) is 30.1 Å². The number of aromatic nitrogens is 1. The van der Waals surface area contributed by atoms with E-state index in [0.29, 0.717) is 57.7 Å². The van der Waals surface area contributed by atoms with Gasteiger partial charge in [-0.2, -0.15) is 0 Å². The molecule has 1 aromatic rings. The van der Waals surface area contributed by atoms with Crippen molar-refractivity contribution in [3.63, 3.8) is 0 Å². The summed E-state index contributed by atoms with van der Waals surface area (Å²) in [5, 5.41) is 0. The topological polar surface area (TPSA) is 83.1 Å². The lowest BCUT2D eigenvalue weighted by molar-refractivity contribution is -0.139. The average molecular weight is 358 g/mol. The van der Waals surface area contributed by atoms with Crippen LogP contribution >= 0.6 is 0 Å². The number of fused-ring (bicyclic) bond motifs is 1. The molecular formula is C18H22N4O4. The van der Waals surface area contributed by atoms with E-state index in [2.05, 4.69) is 4.98 Å². The van der Waals surface area contributed by atoms with Gasteiger partial charge in [-0.15, -0.1) is 0 Å². The fraction of sp³-hybridized carbons (Fsp3) is 0.556. The number of amides is 3. The molecule has 26 heavy (non-hydrogen) atoms. The minimum Gasteiger partial charge on any atom is -0.447 e. The predicted octanol–water partition coefficient (Wildman–Crippen LogP) is 0.597. The van der Waals surface area contributed by atoms with E-state index in [4.69, 9.17) is 4.74 Å². The standard InChI is InChI=1S/C18H22N4O4/c23-16(13-1-5-19-6-2-13)20-7-3-14(4-8-20)17(24)21-9-10-22-15(11-21)12-26-18(22)25/h1-2,5-6,14-15H,3-4,7-12H2. The van der Waals surface area contributed by atoms with Crippen molar-refractivity contribution in [2.75, 3.05) is 39.3 Å². The number of piperidine rings is 1. The maximum Gasteiger partial charge on any atom is 0.410 e. The molecule has 8 nitrogen and oxygen atoms in total. The van der Waals surface area contributed by atoms with Gasteiger partial charge in [0, 0.05) is 56.6 Å². The Balaban J connectivity index is 1.31. The maximum atomic E-state index is 12.8. The molecule has 0 saturated carbocycles. The number of hydrogen-bond acceptors (Lipinski definition) is 5. The molecular weight excluding hydrogens is 336 g/mol. The van der Waals surface area contributed by atoms with Crippen molar-refractivity contribution in [1.29, 1.82) is 0 Å². The Morgan fingerprint density at radius 2 is 1.77 bits per heavy atom. The summed E-state index contributed by atoms with van der Waals surface area (Å²) in [7, 11) is 0. The Bertz CT molecular complexity index is 702. The predicted molar refractivity (Wildman–Crippen MR) is 91.3 cm³/mol. The second-order valence-corrected chi connectivity index (χ2v) is 7.01. The summed E-state index contributed by atoms with van der Waals surface area (Å²) in [4.78, 5) is 46.2. The van der Waals surface area contributed by atoms with Gasteiger partial charge in [0.2, 0.25) is 5.91 Å². The molecule has 3 amide bonds. The van der Waals surface area contributed by atoms with Crippen LogP contribution in [-0.4, -0.2) is 83.0 Å². The van der Waals surface area contributed by atoms with Gasteiger partial charge in [-0.25, -0.2) is 4.79 Å². The van der Waals surface area contributed by atoms with Gasteiger partial charge in [0.1, 0.15) is 6.61 Å². The molecule has 138 valence electrons. The fourth-order valence-corrected chi connectivity index (χ4v) is 3.95. The van der Waals surface area contributed by atoms with Gasteiger partial charge in [0.15, 0.2) is 0 Å². The summed E-state index contributed by atoms with van der Waals surface area (Å²) >= 11 is 0. The van der Waals surface area contributed by atoms with Crippen LogP contribution in [0, 0.1) is 5.92 Å². The molecule has 4 rings (SSSR count). The summed E-state index contributed by atoms with van der Waals surface area (Å²) in [6, 6.07) is 3.40. The SMILES string of the molecule is O=C(c1ccncc1)N1CCC(C(=O)N2CCN3C(=O)OCC3C2)CC1. The van der Waals surface area contributed by atoms with E-state index < -0.39 is 0 Å². The lowest BCUT2D eigenvalue weighted by Crippen LogP contribution is -2.55. The van der Waals surface area contributed by atoms with Gasteiger partial charge in [-0.3, -0.25) is 19.5 Å². The van der Waals surface area contributed by atoms with Gasteiger partial charge in [-0.1, -0.05) is 0 Å².